The van der Waals surface area contributed by atoms with Crippen molar-refractivity contribution in [3.63, 3.8) is 0 Å². The quantitative estimate of drug-likeness (QED) is 0.605. The molecule has 0 fully saturated rings. The van der Waals surface area contributed by atoms with E-state index in [9.17, 15) is 4.39 Å². The Morgan fingerprint density at radius 3 is 2.77 bits per heavy atom. The van der Waals surface area contributed by atoms with Gasteiger partial charge in [-0.1, -0.05) is 0 Å². The minimum absolute atomic E-state index is 0.229. The molecule has 0 aromatic carbocycles. The van der Waals surface area contributed by atoms with Crippen molar-refractivity contribution in [1.29, 1.82) is 0 Å². The molecular formula is C8H7FN4. The smallest absolute Gasteiger partial charge is 0.233 e. The summed E-state index contributed by atoms with van der Waals surface area (Å²) in [6, 6.07) is 1.68. The summed E-state index contributed by atoms with van der Waals surface area (Å²) in [4.78, 5) is 13.0. The summed E-state index contributed by atoms with van der Waals surface area (Å²) in [7, 11) is 0. The molecule has 1 aliphatic rings. The van der Waals surface area contributed by atoms with E-state index in [-0.39, 0.29) is 12.6 Å². The molecule has 0 atom stereocenters. The molecule has 5 heteroatoms. The van der Waals surface area contributed by atoms with Crippen molar-refractivity contribution in [2.24, 2.45) is 4.99 Å². The third-order valence-corrected chi connectivity index (χ3v) is 1.59. The lowest BCUT2D eigenvalue weighted by Gasteiger charge is -2.19. The highest BCUT2D eigenvalue weighted by atomic mass is 19.1. The lowest BCUT2D eigenvalue weighted by molar-refractivity contribution is 0.581. The molecule has 66 valence electrons. The second-order valence-corrected chi connectivity index (χ2v) is 2.44. The van der Waals surface area contributed by atoms with Gasteiger partial charge in [-0.2, -0.15) is 4.39 Å². The van der Waals surface area contributed by atoms with Gasteiger partial charge in [-0.25, -0.2) is 9.97 Å². The Balaban J connectivity index is 2.28. The predicted octanol–water partition coefficient (Wildman–Crippen LogP) is 1.14. The molecule has 0 N–H and O–H groups in total. The Hall–Kier alpha value is -1.78. The van der Waals surface area contributed by atoms with Crippen LogP contribution in [0.1, 0.15) is 0 Å². The first-order valence-corrected chi connectivity index (χ1v) is 3.78. The van der Waals surface area contributed by atoms with Crippen LogP contribution in [0.15, 0.2) is 35.5 Å². The first kappa shape index (κ1) is 7.85. The summed E-state index contributed by atoms with van der Waals surface area (Å²) in [5, 5.41) is 0. The number of aromatic nitrogens is 2. The first-order valence-electron chi connectivity index (χ1n) is 3.78. The van der Waals surface area contributed by atoms with Crippen LogP contribution in [0.25, 0.3) is 0 Å². The van der Waals surface area contributed by atoms with E-state index in [1.54, 1.807) is 18.5 Å². The molecule has 0 spiro atoms. The van der Waals surface area contributed by atoms with Crippen molar-refractivity contribution in [1.82, 2.24) is 9.97 Å². The topological polar surface area (TPSA) is 41.4 Å². The molecule has 0 unspecified atom stereocenters. The Bertz CT molecular complexity index is 346. The molecule has 0 aliphatic carbocycles. The molecule has 0 bridgehead atoms. The van der Waals surface area contributed by atoms with Gasteiger partial charge >= 0.3 is 0 Å². The second kappa shape index (κ2) is 3.30. The predicted molar refractivity (Wildman–Crippen MR) is 47.1 cm³/mol. The van der Waals surface area contributed by atoms with Gasteiger partial charge in [0.1, 0.15) is 6.67 Å². The molecule has 2 rings (SSSR count). The summed E-state index contributed by atoms with van der Waals surface area (Å²) >= 11 is 0. The van der Waals surface area contributed by atoms with Gasteiger partial charge in [0.2, 0.25) is 5.95 Å². The largest absolute Gasteiger partial charge is 0.271 e. The van der Waals surface area contributed by atoms with Crippen LogP contribution in [0.4, 0.5) is 10.3 Å². The Morgan fingerprint density at radius 1 is 1.31 bits per heavy atom. The number of halogens is 1. The van der Waals surface area contributed by atoms with Crippen LogP contribution in [0.2, 0.25) is 0 Å². The van der Waals surface area contributed by atoms with E-state index in [2.05, 4.69) is 15.0 Å². The van der Waals surface area contributed by atoms with E-state index < -0.39 is 0 Å². The molecule has 2 heterocycles. The van der Waals surface area contributed by atoms with Crippen LogP contribution in [-0.2, 0) is 0 Å². The Kier molecular flexibility index (Phi) is 1.99. The summed E-state index contributed by atoms with van der Waals surface area (Å²) in [5.41, 5.74) is 0. The van der Waals surface area contributed by atoms with E-state index in [1.165, 1.54) is 17.2 Å². The van der Waals surface area contributed by atoms with Gasteiger partial charge in [0, 0.05) is 24.7 Å². The van der Waals surface area contributed by atoms with Crippen molar-refractivity contribution in [2.45, 2.75) is 0 Å². The normalized spacial score (nSPS) is 15.8. The number of allylic oxidation sites excluding steroid dienone is 1. The Morgan fingerprint density at radius 2 is 2.08 bits per heavy atom. The van der Waals surface area contributed by atoms with Crippen LogP contribution in [0.3, 0.4) is 0 Å². The fourth-order valence-corrected chi connectivity index (χ4v) is 0.990. The van der Waals surface area contributed by atoms with E-state index >= 15 is 0 Å². The number of anilines is 1. The molecule has 1 aromatic rings. The minimum atomic E-state index is -0.388. The molecule has 0 saturated carbocycles. The molecule has 1 aliphatic heterocycles. The fourth-order valence-electron chi connectivity index (χ4n) is 0.990. The van der Waals surface area contributed by atoms with Crippen LogP contribution in [0.5, 0.6) is 0 Å². The maximum atomic E-state index is 13.1. The van der Waals surface area contributed by atoms with Crippen molar-refractivity contribution in [2.75, 3.05) is 11.6 Å². The maximum Gasteiger partial charge on any atom is 0.233 e. The molecule has 13 heavy (non-hydrogen) atoms. The van der Waals surface area contributed by atoms with Gasteiger partial charge in [0.05, 0.1) is 0 Å². The standard InChI is InChI=1S/C8H7FN4/c9-7-2-5-10-6-13(7)8-11-3-1-4-12-8/h1-5H,6H2. The monoisotopic (exact) mass is 178 g/mol. The van der Waals surface area contributed by atoms with Crippen LogP contribution in [-0.4, -0.2) is 22.9 Å². The van der Waals surface area contributed by atoms with E-state index in [0.717, 1.165) is 0 Å². The third kappa shape index (κ3) is 1.53. The van der Waals surface area contributed by atoms with Gasteiger partial charge in [-0.3, -0.25) is 9.89 Å². The molecule has 1 aromatic heterocycles. The zero-order valence-corrected chi connectivity index (χ0v) is 6.76. The summed E-state index contributed by atoms with van der Waals surface area (Å²) in [6.45, 7) is 0.229. The van der Waals surface area contributed by atoms with Crippen LogP contribution >= 0.6 is 0 Å². The molecule has 0 radical (unpaired) electrons. The van der Waals surface area contributed by atoms with Gasteiger partial charge < -0.3 is 0 Å². The zero-order chi connectivity index (χ0) is 9.10. The average Bonchev–Trinajstić information content (AvgIpc) is 2.20. The fraction of sp³-hybridized carbons (Fsp3) is 0.125. The highest BCUT2D eigenvalue weighted by Gasteiger charge is 2.14. The van der Waals surface area contributed by atoms with Crippen LogP contribution < -0.4 is 4.90 Å². The number of hydrogen-bond acceptors (Lipinski definition) is 4. The van der Waals surface area contributed by atoms with Crippen LogP contribution in [0, 0.1) is 0 Å². The van der Waals surface area contributed by atoms with Crippen molar-refractivity contribution in [3.05, 3.63) is 30.5 Å². The average molecular weight is 178 g/mol. The SMILES string of the molecule is FC1=CC=NCN1c1ncccn1. The third-order valence-electron chi connectivity index (χ3n) is 1.59. The molecule has 0 saturated heterocycles. The summed E-state index contributed by atoms with van der Waals surface area (Å²) < 4.78 is 13.1. The number of aliphatic imine (C=N–C) groups is 1. The lowest BCUT2D eigenvalue weighted by atomic mass is 10.5. The number of hydrogen-bond donors (Lipinski definition) is 0. The molecule has 0 amide bonds. The Labute approximate surface area is 74.5 Å². The highest BCUT2D eigenvalue weighted by Crippen LogP contribution is 2.15. The first-order chi connectivity index (χ1) is 6.38. The summed E-state index contributed by atoms with van der Waals surface area (Å²) in [6.07, 6.45) is 5.83. The van der Waals surface area contributed by atoms with Crippen molar-refractivity contribution >= 4 is 12.2 Å². The second-order valence-electron chi connectivity index (χ2n) is 2.44. The molecular weight excluding hydrogens is 171 g/mol. The highest BCUT2D eigenvalue weighted by molar-refractivity contribution is 5.74. The summed E-state index contributed by atoms with van der Waals surface area (Å²) in [5.74, 6) is -0.0608. The number of nitrogens with zero attached hydrogens (tertiary/aromatic N) is 4. The minimum Gasteiger partial charge on any atom is -0.271 e. The molecule has 4 nitrogen and oxygen atoms in total. The van der Waals surface area contributed by atoms with Gasteiger partial charge in [-0.05, 0) is 6.07 Å². The number of rotatable bonds is 1. The van der Waals surface area contributed by atoms with E-state index in [0.29, 0.717) is 5.95 Å². The van der Waals surface area contributed by atoms with Gasteiger partial charge in [-0.15, -0.1) is 0 Å². The zero-order valence-electron chi connectivity index (χ0n) is 6.76. The van der Waals surface area contributed by atoms with E-state index in [1.807, 2.05) is 0 Å². The van der Waals surface area contributed by atoms with Gasteiger partial charge in [0.15, 0.2) is 5.95 Å². The lowest BCUT2D eigenvalue weighted by Crippen LogP contribution is -2.24. The van der Waals surface area contributed by atoms with Gasteiger partial charge in [0.25, 0.3) is 0 Å². The maximum absolute atomic E-state index is 13.1. The van der Waals surface area contributed by atoms with Crippen molar-refractivity contribution in [3.8, 4) is 0 Å². The van der Waals surface area contributed by atoms with E-state index in [4.69, 9.17) is 0 Å². The van der Waals surface area contributed by atoms with Crippen molar-refractivity contribution < 1.29 is 4.39 Å².